The number of anilines is 1. The Balaban J connectivity index is 2.27. The van der Waals surface area contributed by atoms with Gasteiger partial charge in [-0.2, -0.15) is 5.10 Å². The standard InChI is InChI=1S/C15H22N4O2/c1-10-14(15(21-4)19(2)18-10)13(9-16)17-11-5-7-12(20-3)8-6-11/h5-8,13,17H,9,16H2,1-4H3. The quantitative estimate of drug-likeness (QED) is 0.849. The topological polar surface area (TPSA) is 74.3 Å². The third kappa shape index (κ3) is 3.11. The molecule has 2 rings (SSSR count). The van der Waals surface area contributed by atoms with Gasteiger partial charge in [0, 0.05) is 19.3 Å². The van der Waals surface area contributed by atoms with Gasteiger partial charge < -0.3 is 20.5 Å². The average Bonchev–Trinajstić information content (AvgIpc) is 2.79. The van der Waals surface area contributed by atoms with Crippen LogP contribution in [0.2, 0.25) is 0 Å². The lowest BCUT2D eigenvalue weighted by molar-refractivity contribution is 0.367. The van der Waals surface area contributed by atoms with E-state index in [0.29, 0.717) is 6.54 Å². The van der Waals surface area contributed by atoms with Crippen LogP contribution in [0.4, 0.5) is 5.69 Å². The molecule has 1 aromatic carbocycles. The van der Waals surface area contributed by atoms with Gasteiger partial charge in [-0.1, -0.05) is 0 Å². The monoisotopic (exact) mass is 290 g/mol. The minimum absolute atomic E-state index is 0.0676. The Morgan fingerprint density at radius 3 is 2.43 bits per heavy atom. The number of nitrogens with two attached hydrogens (primary N) is 1. The molecular weight excluding hydrogens is 268 g/mol. The van der Waals surface area contributed by atoms with Gasteiger partial charge in [0.2, 0.25) is 5.88 Å². The van der Waals surface area contributed by atoms with Crippen LogP contribution in [0.1, 0.15) is 17.3 Å². The van der Waals surface area contributed by atoms with E-state index >= 15 is 0 Å². The zero-order valence-electron chi connectivity index (χ0n) is 12.9. The maximum atomic E-state index is 5.93. The van der Waals surface area contributed by atoms with Gasteiger partial charge in [-0.25, -0.2) is 4.68 Å². The summed E-state index contributed by atoms with van der Waals surface area (Å²) in [5.41, 5.74) is 8.79. The fourth-order valence-corrected chi connectivity index (χ4v) is 2.43. The summed E-state index contributed by atoms with van der Waals surface area (Å²) in [4.78, 5) is 0. The third-order valence-electron chi connectivity index (χ3n) is 3.42. The van der Waals surface area contributed by atoms with E-state index in [0.717, 1.165) is 28.6 Å². The first-order valence-corrected chi connectivity index (χ1v) is 6.78. The molecule has 0 aliphatic heterocycles. The molecule has 1 aromatic heterocycles. The van der Waals surface area contributed by atoms with Gasteiger partial charge in [-0.15, -0.1) is 0 Å². The summed E-state index contributed by atoms with van der Waals surface area (Å²) in [6.45, 7) is 2.39. The van der Waals surface area contributed by atoms with Crippen molar-refractivity contribution in [3.63, 3.8) is 0 Å². The molecule has 21 heavy (non-hydrogen) atoms. The molecule has 0 bridgehead atoms. The highest BCUT2D eigenvalue weighted by molar-refractivity contribution is 5.50. The number of rotatable bonds is 6. The van der Waals surface area contributed by atoms with E-state index in [1.165, 1.54) is 0 Å². The van der Waals surface area contributed by atoms with Crippen LogP contribution in [-0.4, -0.2) is 30.5 Å². The first-order chi connectivity index (χ1) is 10.1. The van der Waals surface area contributed by atoms with Crippen molar-refractivity contribution in [2.24, 2.45) is 12.8 Å². The fourth-order valence-electron chi connectivity index (χ4n) is 2.43. The molecule has 0 saturated heterocycles. The molecule has 1 unspecified atom stereocenters. The number of ether oxygens (including phenoxy) is 2. The van der Waals surface area contributed by atoms with Gasteiger partial charge >= 0.3 is 0 Å². The lowest BCUT2D eigenvalue weighted by atomic mass is 10.1. The lowest BCUT2D eigenvalue weighted by Crippen LogP contribution is -2.21. The second kappa shape index (κ2) is 6.49. The van der Waals surface area contributed by atoms with Crippen LogP contribution in [0.3, 0.4) is 0 Å². The van der Waals surface area contributed by atoms with E-state index in [2.05, 4.69) is 10.4 Å². The largest absolute Gasteiger partial charge is 0.497 e. The number of benzene rings is 1. The highest BCUT2D eigenvalue weighted by Crippen LogP contribution is 2.30. The maximum absolute atomic E-state index is 5.93. The molecule has 6 heteroatoms. The second-order valence-electron chi connectivity index (χ2n) is 4.79. The maximum Gasteiger partial charge on any atom is 0.216 e. The highest BCUT2D eigenvalue weighted by atomic mass is 16.5. The SMILES string of the molecule is COc1ccc(NC(CN)c2c(C)nn(C)c2OC)cc1. The third-order valence-corrected chi connectivity index (χ3v) is 3.42. The minimum Gasteiger partial charge on any atom is -0.497 e. The van der Waals surface area contributed by atoms with Crippen molar-refractivity contribution in [1.29, 1.82) is 0 Å². The van der Waals surface area contributed by atoms with Crippen LogP contribution in [-0.2, 0) is 7.05 Å². The molecule has 0 spiro atoms. The Bertz CT molecular complexity index is 592. The summed E-state index contributed by atoms with van der Waals surface area (Å²) < 4.78 is 12.3. The van der Waals surface area contributed by atoms with Crippen molar-refractivity contribution in [2.45, 2.75) is 13.0 Å². The lowest BCUT2D eigenvalue weighted by Gasteiger charge is -2.19. The van der Waals surface area contributed by atoms with Crippen LogP contribution < -0.4 is 20.5 Å². The van der Waals surface area contributed by atoms with Gasteiger partial charge in [-0.05, 0) is 31.2 Å². The molecule has 2 aromatic rings. The number of aromatic nitrogens is 2. The van der Waals surface area contributed by atoms with E-state index in [9.17, 15) is 0 Å². The molecule has 0 amide bonds. The Labute approximate surface area is 124 Å². The van der Waals surface area contributed by atoms with E-state index in [4.69, 9.17) is 15.2 Å². The van der Waals surface area contributed by atoms with Gasteiger partial charge in [0.25, 0.3) is 0 Å². The molecule has 3 N–H and O–H groups in total. The van der Waals surface area contributed by atoms with Gasteiger partial charge in [-0.3, -0.25) is 0 Å². The van der Waals surface area contributed by atoms with E-state index in [-0.39, 0.29) is 6.04 Å². The van der Waals surface area contributed by atoms with Gasteiger partial charge in [0.05, 0.1) is 31.5 Å². The molecule has 114 valence electrons. The number of aryl methyl sites for hydroxylation is 2. The van der Waals surface area contributed by atoms with Gasteiger partial charge in [0.1, 0.15) is 5.75 Å². The van der Waals surface area contributed by atoms with Gasteiger partial charge in [0.15, 0.2) is 0 Å². The highest BCUT2D eigenvalue weighted by Gasteiger charge is 2.22. The molecule has 0 radical (unpaired) electrons. The van der Waals surface area contributed by atoms with Crippen molar-refractivity contribution < 1.29 is 9.47 Å². The molecule has 1 atom stereocenters. The van der Waals surface area contributed by atoms with Crippen LogP contribution in [0.5, 0.6) is 11.6 Å². The summed E-state index contributed by atoms with van der Waals surface area (Å²) >= 11 is 0. The predicted molar refractivity (Wildman–Crippen MR) is 82.9 cm³/mol. The second-order valence-corrected chi connectivity index (χ2v) is 4.79. The van der Waals surface area contributed by atoms with E-state index in [1.807, 2.05) is 38.2 Å². The summed E-state index contributed by atoms with van der Waals surface area (Å²) in [6.07, 6.45) is 0. The van der Waals surface area contributed by atoms with Crippen LogP contribution >= 0.6 is 0 Å². The number of nitrogens with one attached hydrogen (secondary N) is 1. The number of hydrogen-bond donors (Lipinski definition) is 2. The summed E-state index contributed by atoms with van der Waals surface area (Å²) in [5, 5.41) is 7.81. The van der Waals surface area contributed by atoms with Crippen molar-refractivity contribution >= 4 is 5.69 Å². The number of hydrogen-bond acceptors (Lipinski definition) is 5. The van der Waals surface area contributed by atoms with Crippen LogP contribution in [0, 0.1) is 6.92 Å². The fraction of sp³-hybridized carbons (Fsp3) is 0.400. The molecular formula is C15H22N4O2. The van der Waals surface area contributed by atoms with E-state index < -0.39 is 0 Å². The molecule has 1 heterocycles. The number of methoxy groups -OCH3 is 2. The van der Waals surface area contributed by atoms with E-state index in [1.54, 1.807) is 18.9 Å². The molecule has 0 saturated carbocycles. The van der Waals surface area contributed by atoms with Crippen LogP contribution in [0.25, 0.3) is 0 Å². The van der Waals surface area contributed by atoms with Crippen molar-refractivity contribution in [3.8, 4) is 11.6 Å². The smallest absolute Gasteiger partial charge is 0.216 e. The first kappa shape index (κ1) is 15.2. The minimum atomic E-state index is -0.0676. The molecule has 0 aliphatic carbocycles. The first-order valence-electron chi connectivity index (χ1n) is 6.78. The van der Waals surface area contributed by atoms with Crippen LogP contribution in [0.15, 0.2) is 24.3 Å². The zero-order valence-corrected chi connectivity index (χ0v) is 12.9. The number of nitrogens with zero attached hydrogens (tertiary/aromatic N) is 2. The summed E-state index contributed by atoms with van der Waals surface area (Å²) in [7, 11) is 5.15. The zero-order chi connectivity index (χ0) is 15.4. The summed E-state index contributed by atoms with van der Waals surface area (Å²) in [5.74, 6) is 1.55. The molecule has 6 nitrogen and oxygen atoms in total. The summed E-state index contributed by atoms with van der Waals surface area (Å²) in [6, 6.07) is 7.66. The van der Waals surface area contributed by atoms with Crippen molar-refractivity contribution in [1.82, 2.24) is 9.78 Å². The Hall–Kier alpha value is -2.21. The Morgan fingerprint density at radius 1 is 1.24 bits per heavy atom. The Kier molecular flexibility index (Phi) is 4.70. The Morgan fingerprint density at radius 2 is 1.90 bits per heavy atom. The average molecular weight is 290 g/mol. The predicted octanol–water partition coefficient (Wildman–Crippen LogP) is 1.86. The normalized spacial score (nSPS) is 12.0. The molecule has 0 fully saturated rings. The van der Waals surface area contributed by atoms with Crippen molar-refractivity contribution in [3.05, 3.63) is 35.5 Å². The van der Waals surface area contributed by atoms with Crippen molar-refractivity contribution in [2.75, 3.05) is 26.1 Å². The molecule has 0 aliphatic rings.